The average molecular weight is 501 g/mol. The molecule has 12 nitrogen and oxygen atoms in total. The number of nitrogens with one attached hydrogen (secondary N) is 1. The molecular weight excluding hydrogens is 472 g/mol. The van der Waals surface area contributed by atoms with E-state index in [2.05, 4.69) is 11.2 Å². The van der Waals surface area contributed by atoms with Crippen LogP contribution in [0.2, 0.25) is 0 Å². The topological polar surface area (TPSA) is 163 Å². The summed E-state index contributed by atoms with van der Waals surface area (Å²) in [6.07, 6.45) is 5.88. The van der Waals surface area contributed by atoms with Crippen LogP contribution in [-0.4, -0.2) is 79.6 Å². The van der Waals surface area contributed by atoms with E-state index in [0.717, 1.165) is 12.6 Å². The van der Waals surface area contributed by atoms with Crippen molar-refractivity contribution in [1.29, 1.82) is 5.26 Å². The highest BCUT2D eigenvalue weighted by atomic mass is 32.2. The van der Waals surface area contributed by atoms with Gasteiger partial charge in [-0.05, 0) is 57.4 Å². The minimum Gasteiger partial charge on any atom is -0.308 e. The van der Waals surface area contributed by atoms with Gasteiger partial charge in [0.2, 0.25) is 0 Å². The van der Waals surface area contributed by atoms with Crippen LogP contribution in [0.1, 0.15) is 18.1 Å². The summed E-state index contributed by atoms with van der Waals surface area (Å²) in [7, 11) is 1.55. The SMILES string of the molecule is CC(=C1C=C(CN(C)CCN(C)C)C(S(=O)(=O)NN)=CC1[N+](=O)[O-])c1cnn2ccc(C#N)cc12. The number of nitriles is 1. The van der Waals surface area contributed by atoms with Gasteiger partial charge in [0.1, 0.15) is 0 Å². The highest BCUT2D eigenvalue weighted by Gasteiger charge is 2.35. The molecule has 35 heavy (non-hydrogen) atoms. The predicted octanol–water partition coefficient (Wildman–Crippen LogP) is 0.735. The van der Waals surface area contributed by atoms with Crippen LogP contribution in [-0.2, 0) is 10.0 Å². The predicted molar refractivity (Wildman–Crippen MR) is 132 cm³/mol. The number of nitrogens with two attached hydrogens (primary N) is 1. The summed E-state index contributed by atoms with van der Waals surface area (Å²) >= 11 is 0. The van der Waals surface area contributed by atoms with Crippen molar-refractivity contribution < 1.29 is 13.3 Å². The lowest BCUT2D eigenvalue weighted by Gasteiger charge is -2.25. The van der Waals surface area contributed by atoms with Crippen LogP contribution in [0.3, 0.4) is 0 Å². The number of likely N-dealkylation sites (N-methyl/N-ethyl adjacent to an activating group) is 2. The number of sulfonamides is 1. The standard InChI is InChI=1S/C22H28N8O4S/c1-15(19-13-25-29-6-5-16(12-23)9-20(19)29)18-10-17(14-28(4)8-7-27(2)3)22(35(33,34)26-24)11-21(18)30(31)32/h5-6,9-11,13,21,26H,7-8,14,24H2,1-4H3. The molecule has 1 aliphatic carbocycles. The Morgan fingerprint density at radius 1 is 1.37 bits per heavy atom. The van der Waals surface area contributed by atoms with E-state index in [1.165, 1.54) is 0 Å². The number of aromatic nitrogens is 2. The summed E-state index contributed by atoms with van der Waals surface area (Å²) in [4.78, 5) is 17.0. The first kappa shape index (κ1) is 26.2. The molecule has 2 aromatic rings. The molecule has 3 N–H and O–H groups in total. The van der Waals surface area contributed by atoms with Crippen LogP contribution in [0.4, 0.5) is 0 Å². The van der Waals surface area contributed by atoms with Crippen LogP contribution in [0.15, 0.2) is 52.7 Å². The first-order valence-electron chi connectivity index (χ1n) is 10.7. The third kappa shape index (κ3) is 5.64. The molecule has 186 valence electrons. The highest BCUT2D eigenvalue weighted by molar-refractivity contribution is 7.93. The number of rotatable bonds is 9. The van der Waals surface area contributed by atoms with Crippen LogP contribution >= 0.6 is 0 Å². The maximum absolute atomic E-state index is 12.7. The molecule has 3 rings (SSSR count). The molecule has 13 heteroatoms. The van der Waals surface area contributed by atoms with Gasteiger partial charge in [-0.2, -0.15) is 15.2 Å². The van der Waals surface area contributed by atoms with Crippen molar-refractivity contribution in [2.75, 3.05) is 40.8 Å². The molecule has 0 bridgehead atoms. The molecule has 1 atom stereocenters. The fourth-order valence-corrected chi connectivity index (χ4v) is 4.78. The van der Waals surface area contributed by atoms with E-state index in [-0.39, 0.29) is 11.4 Å². The highest BCUT2D eigenvalue weighted by Crippen LogP contribution is 2.34. The second-order valence-corrected chi connectivity index (χ2v) is 10.3. The van der Waals surface area contributed by atoms with Crippen LogP contribution in [0, 0.1) is 21.4 Å². The largest absolute Gasteiger partial charge is 0.308 e. The Balaban J connectivity index is 2.18. The fourth-order valence-electron chi connectivity index (χ4n) is 3.87. The van der Waals surface area contributed by atoms with Crippen LogP contribution in [0.5, 0.6) is 0 Å². The Morgan fingerprint density at radius 3 is 2.69 bits per heavy atom. The third-order valence-electron chi connectivity index (χ3n) is 5.80. The molecular formula is C22H28N8O4S. The summed E-state index contributed by atoms with van der Waals surface area (Å²) in [5.74, 6) is 5.27. The smallest absolute Gasteiger partial charge is 0.258 e. The number of nitrogens with zero attached hydrogens (tertiary/aromatic N) is 6. The average Bonchev–Trinajstić information content (AvgIpc) is 3.24. The van der Waals surface area contributed by atoms with E-state index in [4.69, 9.17) is 5.84 Å². The molecule has 2 aromatic heterocycles. The summed E-state index contributed by atoms with van der Waals surface area (Å²) in [6, 6.07) is 3.93. The van der Waals surface area contributed by atoms with Gasteiger partial charge in [-0.25, -0.2) is 12.9 Å². The van der Waals surface area contributed by atoms with Crippen LogP contribution < -0.4 is 10.7 Å². The molecule has 0 aromatic carbocycles. The number of allylic oxidation sites excluding steroid dienone is 1. The fraction of sp³-hybridized carbons (Fsp3) is 0.364. The first-order chi connectivity index (χ1) is 16.5. The zero-order valence-electron chi connectivity index (χ0n) is 20.0. The van der Waals surface area contributed by atoms with E-state index in [0.29, 0.717) is 39.9 Å². The minimum absolute atomic E-state index is 0.221. The lowest BCUT2D eigenvalue weighted by atomic mass is 9.90. The van der Waals surface area contributed by atoms with Crippen molar-refractivity contribution in [2.24, 2.45) is 5.84 Å². The molecule has 1 unspecified atom stereocenters. The van der Waals surface area contributed by atoms with E-state index in [1.807, 2.05) is 30.9 Å². The quantitative estimate of drug-likeness (QED) is 0.287. The van der Waals surface area contributed by atoms with Gasteiger partial charge < -0.3 is 9.80 Å². The van der Waals surface area contributed by atoms with Gasteiger partial charge in [-0.3, -0.25) is 16.0 Å². The van der Waals surface area contributed by atoms with Gasteiger partial charge >= 0.3 is 0 Å². The first-order valence-corrected chi connectivity index (χ1v) is 12.2. The number of hydrogen-bond donors (Lipinski definition) is 2. The maximum atomic E-state index is 12.7. The van der Waals surface area contributed by atoms with Crippen molar-refractivity contribution in [2.45, 2.75) is 13.0 Å². The van der Waals surface area contributed by atoms with Gasteiger partial charge in [0.25, 0.3) is 16.1 Å². The van der Waals surface area contributed by atoms with Gasteiger partial charge in [0.15, 0.2) is 0 Å². The Kier molecular flexibility index (Phi) is 7.83. The monoisotopic (exact) mass is 500 g/mol. The lowest BCUT2D eigenvalue weighted by molar-refractivity contribution is -0.498. The molecule has 1 aliphatic rings. The minimum atomic E-state index is -4.16. The number of hydrazine groups is 1. The molecule has 0 saturated carbocycles. The number of fused-ring (bicyclic) bond motifs is 1. The molecule has 0 spiro atoms. The Labute approximate surface area is 203 Å². The van der Waals surface area contributed by atoms with Crippen LogP contribution in [0.25, 0.3) is 11.1 Å². The number of pyridine rings is 1. The van der Waals surface area contributed by atoms with E-state index >= 15 is 0 Å². The Hall–Kier alpha value is -3.41. The summed E-state index contributed by atoms with van der Waals surface area (Å²) < 4.78 is 26.9. The lowest BCUT2D eigenvalue weighted by Crippen LogP contribution is -2.37. The van der Waals surface area contributed by atoms with E-state index in [9.17, 15) is 23.8 Å². The normalized spacial score (nSPS) is 17.9. The maximum Gasteiger partial charge on any atom is 0.258 e. The molecule has 2 heterocycles. The summed E-state index contributed by atoms with van der Waals surface area (Å²) in [5.41, 5.74) is 2.91. The van der Waals surface area contributed by atoms with E-state index in [1.54, 1.807) is 46.9 Å². The van der Waals surface area contributed by atoms with Gasteiger partial charge in [-0.1, -0.05) is 0 Å². The summed E-state index contributed by atoms with van der Waals surface area (Å²) in [5, 5.41) is 25.6. The van der Waals surface area contributed by atoms with Crippen molar-refractivity contribution in [1.82, 2.24) is 24.2 Å². The van der Waals surface area contributed by atoms with Crippen molar-refractivity contribution in [3.63, 3.8) is 0 Å². The third-order valence-corrected chi connectivity index (χ3v) is 7.09. The Morgan fingerprint density at radius 2 is 2.09 bits per heavy atom. The second kappa shape index (κ2) is 10.5. The molecule has 0 aliphatic heterocycles. The van der Waals surface area contributed by atoms with Crippen molar-refractivity contribution >= 4 is 21.1 Å². The van der Waals surface area contributed by atoms with Gasteiger partial charge in [0, 0.05) is 48.0 Å². The van der Waals surface area contributed by atoms with E-state index < -0.39 is 21.0 Å². The van der Waals surface area contributed by atoms with Crippen molar-refractivity contribution in [3.05, 3.63) is 74.0 Å². The number of hydrogen-bond acceptors (Lipinski definition) is 9. The molecule has 0 amide bonds. The number of nitro groups is 1. The zero-order valence-corrected chi connectivity index (χ0v) is 20.8. The van der Waals surface area contributed by atoms with Gasteiger partial charge in [0.05, 0.1) is 28.3 Å². The summed E-state index contributed by atoms with van der Waals surface area (Å²) in [6.45, 7) is 3.35. The zero-order chi connectivity index (χ0) is 25.9. The van der Waals surface area contributed by atoms with Gasteiger partial charge in [-0.15, -0.1) is 0 Å². The molecule has 0 fully saturated rings. The Bertz CT molecular complexity index is 1380. The molecule has 0 radical (unpaired) electrons. The molecule has 0 saturated heterocycles. The second-order valence-electron chi connectivity index (χ2n) is 8.59. The van der Waals surface area contributed by atoms with Crippen molar-refractivity contribution in [3.8, 4) is 6.07 Å².